The molecule has 3 aliphatic rings. The predicted molar refractivity (Wildman–Crippen MR) is 115 cm³/mol. The summed E-state index contributed by atoms with van der Waals surface area (Å²) in [5, 5.41) is 2.93. The predicted octanol–water partition coefficient (Wildman–Crippen LogP) is 2.46. The first kappa shape index (κ1) is 21.1. The van der Waals surface area contributed by atoms with E-state index >= 15 is 0 Å². The second kappa shape index (κ2) is 9.33. The number of rotatable bonds is 7. The fourth-order valence-corrected chi connectivity index (χ4v) is 5.20. The number of nitrogens with one attached hydrogen (secondary N) is 1. The van der Waals surface area contributed by atoms with Crippen molar-refractivity contribution in [3.05, 3.63) is 23.9 Å². The SMILES string of the molecule is CC(C)OCCCNC(=O)c1ccc(N2C[C@H]3C[C@H](C2)[C@H]2CCCC(=O)N2C3)nc1. The minimum Gasteiger partial charge on any atom is -0.379 e. The molecular formula is C23H34N4O3. The highest BCUT2D eigenvalue weighted by Crippen LogP contribution is 2.38. The Balaban J connectivity index is 1.31. The maximum Gasteiger partial charge on any atom is 0.252 e. The van der Waals surface area contributed by atoms with E-state index in [1.807, 2.05) is 26.0 Å². The van der Waals surface area contributed by atoms with Gasteiger partial charge in [0, 0.05) is 51.4 Å². The molecule has 2 bridgehead atoms. The van der Waals surface area contributed by atoms with Gasteiger partial charge in [-0.2, -0.15) is 0 Å². The molecule has 4 heterocycles. The standard InChI is InChI=1S/C23H34N4O3/c1-16(2)30-10-4-9-24-23(29)18-7-8-21(25-12-18)26-13-17-11-19(15-26)20-5-3-6-22(28)27(20)14-17/h7-8,12,16-17,19-20H,3-6,9-11,13-15H2,1-2H3,(H,24,29)/t17-,19-,20-/m1/s1. The van der Waals surface area contributed by atoms with E-state index in [4.69, 9.17) is 4.74 Å². The Hall–Kier alpha value is -2.15. The molecule has 1 N–H and O–H groups in total. The van der Waals surface area contributed by atoms with Crippen LogP contribution in [0.4, 0.5) is 5.82 Å². The number of fused-ring (bicyclic) bond motifs is 4. The number of anilines is 1. The van der Waals surface area contributed by atoms with E-state index in [0.717, 1.165) is 51.1 Å². The van der Waals surface area contributed by atoms with Crippen LogP contribution in [-0.4, -0.2) is 66.6 Å². The molecule has 0 spiro atoms. The third-order valence-electron chi connectivity index (χ3n) is 6.57. The lowest BCUT2D eigenvalue weighted by molar-refractivity contribution is -0.142. The third-order valence-corrected chi connectivity index (χ3v) is 6.57. The number of carbonyl (C=O) groups is 2. The molecule has 3 atom stereocenters. The Morgan fingerprint density at radius 3 is 2.93 bits per heavy atom. The van der Waals surface area contributed by atoms with E-state index in [1.165, 1.54) is 6.42 Å². The second-order valence-corrected chi connectivity index (χ2v) is 9.21. The summed E-state index contributed by atoms with van der Waals surface area (Å²) < 4.78 is 5.49. The van der Waals surface area contributed by atoms with Crippen molar-refractivity contribution in [3.63, 3.8) is 0 Å². The molecule has 3 fully saturated rings. The van der Waals surface area contributed by atoms with Gasteiger partial charge in [-0.25, -0.2) is 4.98 Å². The normalized spacial score (nSPS) is 26.0. The highest BCUT2D eigenvalue weighted by atomic mass is 16.5. The van der Waals surface area contributed by atoms with Gasteiger partial charge in [-0.05, 0) is 63.5 Å². The number of nitrogens with zero attached hydrogens (tertiary/aromatic N) is 3. The summed E-state index contributed by atoms with van der Waals surface area (Å²) in [5.74, 6) is 2.23. The fourth-order valence-electron chi connectivity index (χ4n) is 5.20. The molecule has 30 heavy (non-hydrogen) atoms. The summed E-state index contributed by atoms with van der Waals surface area (Å²) in [7, 11) is 0. The number of aromatic nitrogens is 1. The molecule has 3 aliphatic heterocycles. The van der Waals surface area contributed by atoms with E-state index in [2.05, 4.69) is 20.1 Å². The van der Waals surface area contributed by atoms with Crippen molar-refractivity contribution < 1.29 is 14.3 Å². The van der Waals surface area contributed by atoms with Gasteiger partial charge in [0.05, 0.1) is 11.7 Å². The molecule has 7 nitrogen and oxygen atoms in total. The molecule has 4 rings (SSSR count). The van der Waals surface area contributed by atoms with Crippen molar-refractivity contribution in [1.82, 2.24) is 15.2 Å². The zero-order chi connectivity index (χ0) is 21.1. The van der Waals surface area contributed by atoms with Gasteiger partial charge in [0.25, 0.3) is 5.91 Å². The molecule has 2 amide bonds. The number of piperidine rings is 3. The van der Waals surface area contributed by atoms with Crippen LogP contribution in [0.5, 0.6) is 0 Å². The molecular weight excluding hydrogens is 380 g/mol. The van der Waals surface area contributed by atoms with Crippen molar-refractivity contribution in [2.45, 2.75) is 58.1 Å². The van der Waals surface area contributed by atoms with Crippen LogP contribution < -0.4 is 10.2 Å². The fraction of sp³-hybridized carbons (Fsp3) is 0.696. The first-order valence-electron chi connectivity index (χ1n) is 11.4. The van der Waals surface area contributed by atoms with Crippen LogP contribution >= 0.6 is 0 Å². The van der Waals surface area contributed by atoms with Gasteiger partial charge in [0.2, 0.25) is 5.91 Å². The third kappa shape index (κ3) is 4.77. The van der Waals surface area contributed by atoms with Gasteiger partial charge in [-0.1, -0.05) is 0 Å². The number of ether oxygens (including phenoxy) is 1. The largest absolute Gasteiger partial charge is 0.379 e. The first-order valence-corrected chi connectivity index (χ1v) is 11.4. The maximum absolute atomic E-state index is 12.3. The lowest BCUT2D eigenvalue weighted by Crippen LogP contribution is -2.60. The van der Waals surface area contributed by atoms with Crippen molar-refractivity contribution in [2.75, 3.05) is 37.7 Å². The van der Waals surface area contributed by atoms with Crippen LogP contribution in [0, 0.1) is 11.8 Å². The average molecular weight is 415 g/mol. The molecule has 0 unspecified atom stereocenters. The van der Waals surface area contributed by atoms with Crippen LogP contribution in [0.25, 0.3) is 0 Å². The Morgan fingerprint density at radius 2 is 2.17 bits per heavy atom. The Morgan fingerprint density at radius 1 is 1.30 bits per heavy atom. The highest BCUT2D eigenvalue weighted by molar-refractivity contribution is 5.94. The monoisotopic (exact) mass is 414 g/mol. The number of hydrogen-bond acceptors (Lipinski definition) is 5. The van der Waals surface area contributed by atoms with Gasteiger partial charge in [0.1, 0.15) is 5.82 Å². The summed E-state index contributed by atoms with van der Waals surface area (Å²) >= 11 is 0. The van der Waals surface area contributed by atoms with Gasteiger partial charge in [0.15, 0.2) is 0 Å². The van der Waals surface area contributed by atoms with Gasteiger partial charge in [-0.3, -0.25) is 9.59 Å². The van der Waals surface area contributed by atoms with Crippen LogP contribution in [0.15, 0.2) is 18.3 Å². The lowest BCUT2D eigenvalue weighted by Gasteiger charge is -2.52. The molecule has 1 aromatic rings. The zero-order valence-electron chi connectivity index (χ0n) is 18.2. The van der Waals surface area contributed by atoms with Crippen LogP contribution in [0.2, 0.25) is 0 Å². The number of pyridine rings is 1. The molecule has 1 aromatic heterocycles. The Bertz CT molecular complexity index is 751. The number of hydrogen-bond donors (Lipinski definition) is 1. The van der Waals surface area contributed by atoms with E-state index in [1.54, 1.807) is 6.20 Å². The quantitative estimate of drug-likeness (QED) is 0.694. The average Bonchev–Trinajstić information content (AvgIpc) is 2.74. The lowest BCUT2D eigenvalue weighted by atomic mass is 9.76. The molecule has 0 aromatic carbocycles. The minimum absolute atomic E-state index is 0.0922. The van der Waals surface area contributed by atoms with E-state index in [0.29, 0.717) is 42.5 Å². The number of carbonyl (C=O) groups excluding carboxylic acids is 2. The summed E-state index contributed by atoms with van der Waals surface area (Å²) in [6.07, 6.45) is 6.77. The minimum atomic E-state index is -0.0922. The van der Waals surface area contributed by atoms with E-state index in [9.17, 15) is 9.59 Å². The summed E-state index contributed by atoms with van der Waals surface area (Å²) in [6, 6.07) is 4.22. The molecule has 0 saturated carbocycles. The van der Waals surface area contributed by atoms with Crippen molar-refractivity contribution in [1.29, 1.82) is 0 Å². The molecule has 3 saturated heterocycles. The summed E-state index contributed by atoms with van der Waals surface area (Å²) in [6.45, 7) is 8.02. The molecule has 0 aliphatic carbocycles. The van der Waals surface area contributed by atoms with Crippen LogP contribution in [0.1, 0.15) is 56.3 Å². The molecule has 7 heteroatoms. The van der Waals surface area contributed by atoms with E-state index < -0.39 is 0 Å². The molecule has 164 valence electrons. The number of amides is 2. The zero-order valence-corrected chi connectivity index (χ0v) is 18.2. The van der Waals surface area contributed by atoms with Gasteiger partial charge >= 0.3 is 0 Å². The summed E-state index contributed by atoms with van der Waals surface area (Å²) in [4.78, 5) is 33.7. The highest BCUT2D eigenvalue weighted by Gasteiger charge is 2.44. The van der Waals surface area contributed by atoms with Crippen molar-refractivity contribution in [2.24, 2.45) is 11.8 Å². The smallest absolute Gasteiger partial charge is 0.252 e. The van der Waals surface area contributed by atoms with Crippen molar-refractivity contribution in [3.8, 4) is 0 Å². The Kier molecular flexibility index (Phi) is 6.56. The maximum atomic E-state index is 12.3. The molecule has 0 radical (unpaired) electrons. The van der Waals surface area contributed by atoms with Crippen molar-refractivity contribution >= 4 is 17.6 Å². The second-order valence-electron chi connectivity index (χ2n) is 9.21. The van der Waals surface area contributed by atoms with Crippen LogP contribution in [-0.2, 0) is 9.53 Å². The first-order chi connectivity index (χ1) is 14.5. The van der Waals surface area contributed by atoms with E-state index in [-0.39, 0.29) is 12.0 Å². The summed E-state index contributed by atoms with van der Waals surface area (Å²) in [5.41, 5.74) is 0.588. The van der Waals surface area contributed by atoms with Gasteiger partial charge in [-0.15, -0.1) is 0 Å². The van der Waals surface area contributed by atoms with Crippen LogP contribution in [0.3, 0.4) is 0 Å². The Labute approximate surface area is 179 Å². The topological polar surface area (TPSA) is 74.8 Å². The van der Waals surface area contributed by atoms with Gasteiger partial charge < -0.3 is 19.9 Å².